The maximum absolute atomic E-state index is 13.1. The number of rotatable bonds is 3. The van der Waals surface area contributed by atoms with Crippen molar-refractivity contribution < 1.29 is 4.39 Å². The molecule has 1 aromatic carbocycles. The van der Waals surface area contributed by atoms with Crippen LogP contribution in [-0.2, 0) is 13.0 Å². The smallest absolute Gasteiger partial charge is 0.201 e. The van der Waals surface area contributed by atoms with Gasteiger partial charge in [0.15, 0.2) is 0 Å². The van der Waals surface area contributed by atoms with E-state index in [2.05, 4.69) is 9.97 Å². The number of nitrogen functional groups attached to an aromatic ring is 1. The summed E-state index contributed by atoms with van der Waals surface area (Å²) in [5.74, 6) is 0.112. The van der Waals surface area contributed by atoms with Gasteiger partial charge in [-0.2, -0.15) is 0 Å². The van der Waals surface area contributed by atoms with Gasteiger partial charge in [-0.05, 0) is 36.2 Å². The molecule has 19 heavy (non-hydrogen) atoms. The van der Waals surface area contributed by atoms with Crippen LogP contribution in [0.1, 0.15) is 5.56 Å². The molecule has 0 unspecified atom stereocenters. The van der Waals surface area contributed by atoms with Crippen LogP contribution >= 0.6 is 0 Å². The van der Waals surface area contributed by atoms with Crippen LogP contribution in [0.3, 0.4) is 0 Å². The summed E-state index contributed by atoms with van der Waals surface area (Å²) in [5.41, 5.74) is 8.51. The quantitative estimate of drug-likeness (QED) is 0.782. The fourth-order valence-corrected chi connectivity index (χ4v) is 2.15. The van der Waals surface area contributed by atoms with Gasteiger partial charge in [0.2, 0.25) is 5.95 Å². The first-order valence-corrected chi connectivity index (χ1v) is 6.04. The largest absolute Gasteiger partial charge is 0.369 e. The van der Waals surface area contributed by atoms with Crippen molar-refractivity contribution in [1.82, 2.24) is 14.5 Å². The van der Waals surface area contributed by atoms with Crippen molar-refractivity contribution >= 4 is 17.0 Å². The molecule has 0 fully saturated rings. The molecular formula is C14H13FN4. The molecule has 0 amide bonds. The Morgan fingerprint density at radius 2 is 1.95 bits per heavy atom. The Hall–Kier alpha value is -2.43. The first-order valence-electron chi connectivity index (χ1n) is 6.04. The molecule has 96 valence electrons. The molecule has 0 saturated heterocycles. The van der Waals surface area contributed by atoms with Gasteiger partial charge in [0.25, 0.3) is 0 Å². The summed E-state index contributed by atoms with van der Waals surface area (Å²) >= 11 is 0. The molecule has 4 nitrogen and oxygen atoms in total. The standard InChI is InChI=1S/C14H13FN4/c15-11-1-2-13-12(9-11)18-14(16)19(13)8-5-10-3-6-17-7-4-10/h1-4,6-7,9H,5,8H2,(H2,16,18). The molecule has 3 aromatic rings. The molecule has 0 bridgehead atoms. The Bertz CT molecular complexity index is 706. The third-order valence-corrected chi connectivity index (χ3v) is 3.11. The summed E-state index contributed by atoms with van der Waals surface area (Å²) in [6, 6.07) is 8.46. The van der Waals surface area contributed by atoms with E-state index in [0.29, 0.717) is 18.0 Å². The monoisotopic (exact) mass is 256 g/mol. The van der Waals surface area contributed by atoms with Crippen molar-refractivity contribution in [3.8, 4) is 0 Å². The van der Waals surface area contributed by atoms with Crippen LogP contribution in [-0.4, -0.2) is 14.5 Å². The van der Waals surface area contributed by atoms with Crippen LogP contribution in [0.5, 0.6) is 0 Å². The number of benzene rings is 1. The number of pyridine rings is 1. The van der Waals surface area contributed by atoms with E-state index in [1.54, 1.807) is 18.5 Å². The summed E-state index contributed by atoms with van der Waals surface area (Å²) in [5, 5.41) is 0. The molecule has 5 heteroatoms. The predicted molar refractivity (Wildman–Crippen MR) is 72.0 cm³/mol. The number of nitrogens with zero attached hydrogens (tertiary/aromatic N) is 3. The van der Waals surface area contributed by atoms with Gasteiger partial charge in [0, 0.05) is 25.0 Å². The van der Waals surface area contributed by atoms with Crippen LogP contribution in [0.25, 0.3) is 11.0 Å². The van der Waals surface area contributed by atoms with Gasteiger partial charge in [-0.1, -0.05) is 0 Å². The van der Waals surface area contributed by atoms with Crippen molar-refractivity contribution in [2.24, 2.45) is 0 Å². The number of nitrogens with two attached hydrogens (primary N) is 1. The van der Waals surface area contributed by atoms with Gasteiger partial charge < -0.3 is 10.3 Å². The van der Waals surface area contributed by atoms with E-state index < -0.39 is 0 Å². The van der Waals surface area contributed by atoms with E-state index in [9.17, 15) is 4.39 Å². The fraction of sp³-hybridized carbons (Fsp3) is 0.143. The van der Waals surface area contributed by atoms with Crippen molar-refractivity contribution in [3.05, 3.63) is 54.1 Å². The average molecular weight is 256 g/mol. The zero-order valence-corrected chi connectivity index (χ0v) is 10.3. The number of aryl methyl sites for hydroxylation is 2. The second-order valence-corrected chi connectivity index (χ2v) is 4.36. The van der Waals surface area contributed by atoms with Crippen LogP contribution in [0.15, 0.2) is 42.7 Å². The Morgan fingerprint density at radius 3 is 2.74 bits per heavy atom. The average Bonchev–Trinajstić information content (AvgIpc) is 2.72. The van der Waals surface area contributed by atoms with E-state index in [0.717, 1.165) is 11.9 Å². The SMILES string of the molecule is Nc1nc2cc(F)ccc2n1CCc1ccncc1. The molecule has 2 heterocycles. The summed E-state index contributed by atoms with van der Waals surface area (Å²) < 4.78 is 15.0. The van der Waals surface area contributed by atoms with E-state index >= 15 is 0 Å². The first-order chi connectivity index (χ1) is 9.24. The van der Waals surface area contributed by atoms with Crippen molar-refractivity contribution in [2.75, 3.05) is 5.73 Å². The number of fused-ring (bicyclic) bond motifs is 1. The van der Waals surface area contributed by atoms with Crippen molar-refractivity contribution in [2.45, 2.75) is 13.0 Å². The van der Waals surface area contributed by atoms with E-state index in [4.69, 9.17) is 5.73 Å². The minimum Gasteiger partial charge on any atom is -0.369 e. The number of halogens is 1. The van der Waals surface area contributed by atoms with Gasteiger partial charge in [0.05, 0.1) is 11.0 Å². The fourth-order valence-electron chi connectivity index (χ4n) is 2.15. The molecule has 0 saturated carbocycles. The highest BCUT2D eigenvalue weighted by Crippen LogP contribution is 2.19. The number of hydrogen-bond acceptors (Lipinski definition) is 3. The Kier molecular flexibility index (Phi) is 2.87. The minimum atomic E-state index is -0.300. The van der Waals surface area contributed by atoms with Crippen molar-refractivity contribution in [1.29, 1.82) is 0 Å². The van der Waals surface area contributed by atoms with Gasteiger partial charge in [-0.15, -0.1) is 0 Å². The summed E-state index contributed by atoms with van der Waals surface area (Å²) in [7, 11) is 0. The number of hydrogen-bond donors (Lipinski definition) is 1. The zero-order valence-electron chi connectivity index (χ0n) is 10.3. The van der Waals surface area contributed by atoms with Crippen LogP contribution in [0, 0.1) is 5.82 Å². The summed E-state index contributed by atoms with van der Waals surface area (Å²) in [4.78, 5) is 8.16. The molecule has 2 N–H and O–H groups in total. The highest BCUT2D eigenvalue weighted by atomic mass is 19.1. The van der Waals surface area contributed by atoms with Gasteiger partial charge in [0.1, 0.15) is 5.82 Å². The first kappa shape index (κ1) is 11.6. The molecule has 2 aromatic heterocycles. The molecule has 0 atom stereocenters. The number of aromatic nitrogens is 3. The topological polar surface area (TPSA) is 56.7 Å². The Balaban J connectivity index is 1.90. The second kappa shape index (κ2) is 4.68. The minimum absolute atomic E-state index is 0.300. The Labute approximate surface area is 109 Å². The highest BCUT2D eigenvalue weighted by Gasteiger charge is 2.08. The Morgan fingerprint density at radius 1 is 1.16 bits per heavy atom. The summed E-state index contributed by atoms with van der Waals surface area (Å²) in [6.07, 6.45) is 4.36. The molecule has 0 radical (unpaired) electrons. The van der Waals surface area contributed by atoms with E-state index in [1.807, 2.05) is 16.7 Å². The lowest BCUT2D eigenvalue weighted by atomic mass is 10.2. The van der Waals surface area contributed by atoms with Crippen LogP contribution < -0.4 is 5.73 Å². The third-order valence-electron chi connectivity index (χ3n) is 3.11. The lowest BCUT2D eigenvalue weighted by Crippen LogP contribution is -2.05. The summed E-state index contributed by atoms with van der Waals surface area (Å²) in [6.45, 7) is 0.706. The van der Waals surface area contributed by atoms with Crippen LogP contribution in [0.4, 0.5) is 10.3 Å². The van der Waals surface area contributed by atoms with Crippen LogP contribution in [0.2, 0.25) is 0 Å². The lowest BCUT2D eigenvalue weighted by molar-refractivity contribution is 0.629. The molecule has 0 aliphatic rings. The zero-order chi connectivity index (χ0) is 13.2. The maximum Gasteiger partial charge on any atom is 0.201 e. The van der Waals surface area contributed by atoms with E-state index in [-0.39, 0.29) is 5.82 Å². The molecule has 0 spiro atoms. The number of imidazole rings is 1. The molecular weight excluding hydrogens is 243 g/mol. The molecule has 0 aliphatic carbocycles. The third kappa shape index (κ3) is 2.27. The molecule has 3 rings (SSSR count). The highest BCUT2D eigenvalue weighted by molar-refractivity contribution is 5.78. The van der Waals surface area contributed by atoms with E-state index in [1.165, 1.54) is 17.7 Å². The van der Waals surface area contributed by atoms with Gasteiger partial charge in [-0.25, -0.2) is 9.37 Å². The van der Waals surface area contributed by atoms with Crippen molar-refractivity contribution in [3.63, 3.8) is 0 Å². The van der Waals surface area contributed by atoms with Gasteiger partial charge >= 0.3 is 0 Å². The predicted octanol–water partition coefficient (Wildman–Crippen LogP) is 2.40. The second-order valence-electron chi connectivity index (χ2n) is 4.36. The lowest BCUT2D eigenvalue weighted by Gasteiger charge is -2.06. The maximum atomic E-state index is 13.1. The van der Waals surface area contributed by atoms with Gasteiger partial charge in [-0.3, -0.25) is 4.98 Å². The molecule has 0 aliphatic heterocycles. The number of anilines is 1. The normalized spacial score (nSPS) is 11.0.